The number of aryl methyl sites for hydroxylation is 1. The zero-order valence-electron chi connectivity index (χ0n) is 8.20. The van der Waals surface area contributed by atoms with Crippen molar-refractivity contribution in [1.29, 1.82) is 0 Å². The van der Waals surface area contributed by atoms with Gasteiger partial charge in [0, 0.05) is 12.7 Å². The lowest BCUT2D eigenvalue weighted by molar-refractivity contribution is 0.537. The van der Waals surface area contributed by atoms with Crippen molar-refractivity contribution >= 4 is 15.9 Å². The van der Waals surface area contributed by atoms with Gasteiger partial charge in [0.25, 0.3) is 0 Å². The van der Waals surface area contributed by atoms with Gasteiger partial charge in [-0.3, -0.25) is 4.68 Å². The molecule has 0 aliphatic rings. The number of nitrogens with zero attached hydrogens (tertiary/aromatic N) is 3. The smallest absolute Gasteiger partial charge is 0.0960 e. The normalized spacial score (nSPS) is 13.2. The predicted molar refractivity (Wildman–Crippen MR) is 56.9 cm³/mol. The summed E-state index contributed by atoms with van der Waals surface area (Å²) in [5, 5.41) is 8.11. The Bertz CT molecular complexity index is 245. The van der Waals surface area contributed by atoms with Crippen LogP contribution in [0.25, 0.3) is 0 Å². The molecule has 0 saturated heterocycles. The Kier molecular flexibility index (Phi) is 4.42. The molecule has 1 aromatic heterocycles. The highest BCUT2D eigenvalue weighted by Gasteiger charge is 2.05. The van der Waals surface area contributed by atoms with Crippen LogP contribution < -0.4 is 0 Å². The average molecular weight is 246 g/mol. The van der Waals surface area contributed by atoms with E-state index in [4.69, 9.17) is 0 Å². The summed E-state index contributed by atoms with van der Waals surface area (Å²) in [4.78, 5) is 0.299. The van der Waals surface area contributed by atoms with Gasteiger partial charge in [-0.2, -0.15) is 0 Å². The van der Waals surface area contributed by atoms with Crippen LogP contribution in [0.1, 0.15) is 43.6 Å². The Hall–Kier alpha value is -0.380. The van der Waals surface area contributed by atoms with Gasteiger partial charge >= 0.3 is 0 Å². The average Bonchev–Trinajstić information content (AvgIpc) is 2.53. The molecule has 0 aliphatic heterocycles. The van der Waals surface area contributed by atoms with Crippen molar-refractivity contribution in [1.82, 2.24) is 15.0 Å². The summed E-state index contributed by atoms with van der Waals surface area (Å²) >= 11 is 3.46. The molecule has 13 heavy (non-hydrogen) atoms. The molecule has 3 nitrogen and oxygen atoms in total. The molecule has 0 aliphatic carbocycles. The molecule has 0 fully saturated rings. The number of hydrogen-bond donors (Lipinski definition) is 0. The minimum Gasteiger partial charge on any atom is -0.252 e. The molecule has 0 N–H and O–H groups in total. The van der Waals surface area contributed by atoms with Gasteiger partial charge in [0.1, 0.15) is 0 Å². The third-order valence-electron chi connectivity index (χ3n) is 1.95. The molecule has 1 aromatic rings. The zero-order valence-corrected chi connectivity index (χ0v) is 9.79. The van der Waals surface area contributed by atoms with Crippen LogP contribution in [-0.2, 0) is 6.54 Å². The highest BCUT2D eigenvalue weighted by molar-refractivity contribution is 9.09. The van der Waals surface area contributed by atoms with Crippen molar-refractivity contribution < 1.29 is 0 Å². The van der Waals surface area contributed by atoms with E-state index in [1.54, 1.807) is 0 Å². The van der Waals surface area contributed by atoms with Crippen molar-refractivity contribution in [2.75, 3.05) is 0 Å². The molecular formula is C9H16BrN3. The van der Waals surface area contributed by atoms with Gasteiger partial charge in [0.05, 0.1) is 10.5 Å². The van der Waals surface area contributed by atoms with E-state index >= 15 is 0 Å². The van der Waals surface area contributed by atoms with Crippen LogP contribution in [0.5, 0.6) is 0 Å². The fraction of sp³-hybridized carbons (Fsp3) is 0.778. The molecule has 0 spiro atoms. The second-order valence-corrected chi connectivity index (χ2v) is 4.60. The second kappa shape index (κ2) is 5.37. The summed E-state index contributed by atoms with van der Waals surface area (Å²) in [7, 11) is 0. The van der Waals surface area contributed by atoms with Crippen LogP contribution in [0.2, 0.25) is 0 Å². The third kappa shape index (κ3) is 3.46. The van der Waals surface area contributed by atoms with Gasteiger partial charge in [-0.15, -0.1) is 5.10 Å². The fourth-order valence-corrected chi connectivity index (χ4v) is 1.34. The fourth-order valence-electron chi connectivity index (χ4n) is 1.13. The predicted octanol–water partition coefficient (Wildman–Crippen LogP) is 2.92. The molecule has 0 saturated carbocycles. The van der Waals surface area contributed by atoms with Crippen molar-refractivity contribution in [3.8, 4) is 0 Å². The Balaban J connectivity index is 2.40. The highest BCUT2D eigenvalue weighted by Crippen LogP contribution is 2.18. The van der Waals surface area contributed by atoms with Gasteiger partial charge in [-0.1, -0.05) is 40.9 Å². The second-order valence-electron chi connectivity index (χ2n) is 3.23. The van der Waals surface area contributed by atoms with E-state index in [2.05, 4.69) is 40.1 Å². The lowest BCUT2D eigenvalue weighted by Gasteiger charge is -1.97. The molecule has 74 valence electrons. The monoisotopic (exact) mass is 245 g/mol. The zero-order chi connectivity index (χ0) is 9.68. The summed E-state index contributed by atoms with van der Waals surface area (Å²) in [6, 6.07) is 0. The minimum absolute atomic E-state index is 0.299. The van der Waals surface area contributed by atoms with Gasteiger partial charge in [0.15, 0.2) is 0 Å². The molecule has 0 aromatic carbocycles. The van der Waals surface area contributed by atoms with Crippen molar-refractivity contribution in [2.45, 2.75) is 44.5 Å². The van der Waals surface area contributed by atoms with E-state index in [9.17, 15) is 0 Å². The van der Waals surface area contributed by atoms with Crippen molar-refractivity contribution in [2.24, 2.45) is 0 Å². The first kappa shape index (κ1) is 10.7. The maximum atomic E-state index is 4.06. The van der Waals surface area contributed by atoms with Crippen LogP contribution in [0.15, 0.2) is 6.20 Å². The summed E-state index contributed by atoms with van der Waals surface area (Å²) in [6.07, 6.45) is 5.71. The largest absolute Gasteiger partial charge is 0.252 e. The first-order valence-electron chi connectivity index (χ1n) is 4.78. The highest BCUT2D eigenvalue weighted by atomic mass is 79.9. The first-order valence-corrected chi connectivity index (χ1v) is 5.69. The molecule has 0 bridgehead atoms. The third-order valence-corrected chi connectivity index (χ3v) is 2.42. The molecule has 1 rings (SSSR count). The number of rotatable bonds is 5. The van der Waals surface area contributed by atoms with Gasteiger partial charge in [-0.05, 0) is 13.3 Å². The summed E-state index contributed by atoms with van der Waals surface area (Å²) in [5.41, 5.74) is 1.01. The Morgan fingerprint density at radius 1 is 1.54 bits per heavy atom. The summed E-state index contributed by atoms with van der Waals surface area (Å²) in [5.74, 6) is 0. The van der Waals surface area contributed by atoms with Crippen molar-refractivity contribution in [3.63, 3.8) is 0 Å². The van der Waals surface area contributed by atoms with Gasteiger partial charge in [0.2, 0.25) is 0 Å². The van der Waals surface area contributed by atoms with E-state index in [-0.39, 0.29) is 0 Å². The van der Waals surface area contributed by atoms with E-state index in [0.717, 1.165) is 12.2 Å². The van der Waals surface area contributed by atoms with Crippen LogP contribution in [0.3, 0.4) is 0 Å². The van der Waals surface area contributed by atoms with E-state index in [0.29, 0.717) is 4.83 Å². The number of hydrogen-bond acceptors (Lipinski definition) is 2. The van der Waals surface area contributed by atoms with Crippen LogP contribution in [0, 0.1) is 0 Å². The maximum absolute atomic E-state index is 4.06. The summed E-state index contributed by atoms with van der Waals surface area (Å²) < 4.78 is 1.92. The standard InChI is InChI=1S/C9H16BrN3/c1-3-4-5-6-13-7-9(8(2)10)11-12-13/h7-8H,3-6H2,1-2H3. The quantitative estimate of drug-likeness (QED) is 0.590. The Morgan fingerprint density at radius 3 is 2.85 bits per heavy atom. The molecule has 1 atom stereocenters. The number of aromatic nitrogens is 3. The molecule has 0 radical (unpaired) electrons. The van der Waals surface area contributed by atoms with Crippen LogP contribution >= 0.6 is 15.9 Å². The van der Waals surface area contributed by atoms with Crippen molar-refractivity contribution in [3.05, 3.63) is 11.9 Å². The molecule has 1 heterocycles. The van der Waals surface area contributed by atoms with Crippen LogP contribution in [-0.4, -0.2) is 15.0 Å². The lowest BCUT2D eigenvalue weighted by Crippen LogP contribution is -1.98. The first-order chi connectivity index (χ1) is 6.24. The molecule has 0 amide bonds. The van der Waals surface area contributed by atoms with E-state index in [1.165, 1.54) is 19.3 Å². The topological polar surface area (TPSA) is 30.7 Å². The maximum Gasteiger partial charge on any atom is 0.0960 e. The number of alkyl halides is 1. The molecule has 1 unspecified atom stereocenters. The Morgan fingerprint density at radius 2 is 2.31 bits per heavy atom. The number of unbranched alkanes of at least 4 members (excludes halogenated alkanes) is 2. The number of halogens is 1. The van der Waals surface area contributed by atoms with Gasteiger partial charge in [-0.25, -0.2) is 0 Å². The summed E-state index contributed by atoms with van der Waals surface area (Å²) in [6.45, 7) is 5.24. The lowest BCUT2D eigenvalue weighted by atomic mass is 10.2. The Labute approximate surface area is 87.6 Å². The molecule has 4 heteroatoms. The van der Waals surface area contributed by atoms with Crippen LogP contribution in [0.4, 0.5) is 0 Å². The molecular weight excluding hydrogens is 230 g/mol. The van der Waals surface area contributed by atoms with Gasteiger partial charge < -0.3 is 0 Å². The minimum atomic E-state index is 0.299. The van der Waals surface area contributed by atoms with E-state index < -0.39 is 0 Å². The SMILES string of the molecule is CCCCCn1cc(C(C)Br)nn1. The van der Waals surface area contributed by atoms with E-state index in [1.807, 2.05) is 10.9 Å².